The van der Waals surface area contributed by atoms with Crippen LogP contribution in [-0.4, -0.2) is 46.5 Å². The number of carbonyl (C=O) groups excluding carboxylic acids is 2. The van der Waals surface area contributed by atoms with E-state index in [0.717, 1.165) is 0 Å². The van der Waals surface area contributed by atoms with Crippen LogP contribution in [0.15, 0.2) is 60.8 Å². The van der Waals surface area contributed by atoms with E-state index in [1.54, 1.807) is 66.7 Å². The topological polar surface area (TPSA) is 124 Å². The summed E-state index contributed by atoms with van der Waals surface area (Å²) in [4.78, 5) is 33.1. The molecule has 1 fully saturated rings. The van der Waals surface area contributed by atoms with Crippen molar-refractivity contribution in [3.8, 4) is 17.2 Å². The number of methoxy groups -OCH3 is 3. The molecule has 6 rings (SSSR count). The number of para-hydroxylation sites is 1. The predicted molar refractivity (Wildman–Crippen MR) is 161 cm³/mol. The van der Waals surface area contributed by atoms with Crippen molar-refractivity contribution in [1.29, 1.82) is 0 Å². The first-order valence-electron chi connectivity index (χ1n) is 13.8. The Labute approximate surface area is 249 Å². The van der Waals surface area contributed by atoms with E-state index >= 15 is 0 Å². The number of hydrogen-bond acceptors (Lipinski definition) is 8. The largest absolute Gasteiger partial charge is 0.496 e. The molecule has 2 aliphatic rings. The van der Waals surface area contributed by atoms with Gasteiger partial charge in [-0.2, -0.15) is 0 Å². The molecule has 10 nitrogen and oxygen atoms in total. The van der Waals surface area contributed by atoms with Gasteiger partial charge in [-0.15, -0.1) is 0 Å². The third kappa shape index (κ3) is 4.73. The highest BCUT2D eigenvalue weighted by Crippen LogP contribution is 2.51. The molecule has 0 bridgehead atoms. The van der Waals surface area contributed by atoms with E-state index in [0.29, 0.717) is 74.5 Å². The summed E-state index contributed by atoms with van der Waals surface area (Å²) in [6.45, 7) is 2.05. The van der Waals surface area contributed by atoms with Crippen LogP contribution in [0.1, 0.15) is 45.5 Å². The summed E-state index contributed by atoms with van der Waals surface area (Å²) in [6.07, 6.45) is 2.74. The van der Waals surface area contributed by atoms with Crippen LogP contribution >= 0.6 is 0 Å². The smallest absolute Gasteiger partial charge is 0.262 e. The fraction of sp³-hybridized carbons (Fsp3) is 0.281. The van der Waals surface area contributed by atoms with E-state index in [1.807, 2.05) is 13.0 Å². The zero-order chi connectivity index (χ0) is 30.5. The average Bonchev–Trinajstić information content (AvgIpc) is 3.74. The lowest BCUT2D eigenvalue weighted by atomic mass is 9.94. The molecular formula is C32H31N3O7S. The lowest BCUT2D eigenvalue weighted by Gasteiger charge is -2.20. The molecule has 0 spiro atoms. The number of amides is 2. The van der Waals surface area contributed by atoms with Gasteiger partial charge < -0.3 is 19.1 Å². The predicted octanol–water partition coefficient (Wildman–Crippen LogP) is 4.41. The number of pyridine rings is 1. The Kier molecular flexibility index (Phi) is 7.00. The monoisotopic (exact) mass is 601 g/mol. The normalized spacial score (nSPS) is 15.3. The number of aromatic nitrogens is 1. The zero-order valence-electron chi connectivity index (χ0n) is 24.3. The number of hydrogen-bond donors (Lipinski definition) is 1. The molecule has 0 atom stereocenters. The van der Waals surface area contributed by atoms with E-state index in [1.165, 1.54) is 14.2 Å². The summed E-state index contributed by atoms with van der Waals surface area (Å²) >= 11 is 0. The highest BCUT2D eigenvalue weighted by atomic mass is 32.2. The molecular weight excluding hydrogens is 570 g/mol. The quantitative estimate of drug-likeness (QED) is 0.299. The van der Waals surface area contributed by atoms with Gasteiger partial charge in [0.15, 0.2) is 5.75 Å². The van der Waals surface area contributed by atoms with Crippen molar-refractivity contribution in [2.75, 3.05) is 26.2 Å². The van der Waals surface area contributed by atoms with E-state index in [4.69, 9.17) is 14.2 Å². The Morgan fingerprint density at radius 2 is 1.74 bits per heavy atom. The van der Waals surface area contributed by atoms with Crippen molar-refractivity contribution in [1.82, 2.24) is 9.71 Å². The van der Waals surface area contributed by atoms with Crippen molar-refractivity contribution < 1.29 is 32.2 Å². The van der Waals surface area contributed by atoms with Crippen LogP contribution in [0.5, 0.6) is 17.2 Å². The van der Waals surface area contributed by atoms with Crippen molar-refractivity contribution in [3.05, 3.63) is 88.6 Å². The molecule has 4 aromatic rings. The third-order valence-electron chi connectivity index (χ3n) is 8.22. The van der Waals surface area contributed by atoms with Crippen molar-refractivity contribution in [2.45, 2.75) is 37.5 Å². The number of anilines is 1. The molecule has 2 heterocycles. The molecule has 1 aliphatic heterocycles. The van der Waals surface area contributed by atoms with E-state index in [9.17, 15) is 18.0 Å². The molecule has 1 saturated carbocycles. The molecule has 0 radical (unpaired) electrons. The third-order valence-corrected chi connectivity index (χ3v) is 9.43. The molecule has 11 heteroatoms. The fourth-order valence-electron chi connectivity index (χ4n) is 6.05. The minimum absolute atomic E-state index is 0.236. The molecule has 1 aromatic heterocycles. The summed E-state index contributed by atoms with van der Waals surface area (Å²) in [6, 6.07) is 15.9. The van der Waals surface area contributed by atoms with Gasteiger partial charge in [-0.25, -0.2) is 8.42 Å². The number of fused-ring (bicyclic) bond motifs is 2. The molecule has 3 aromatic carbocycles. The van der Waals surface area contributed by atoms with Gasteiger partial charge in [-0.05, 0) is 55.2 Å². The van der Waals surface area contributed by atoms with Gasteiger partial charge >= 0.3 is 0 Å². The molecule has 2 amide bonds. The summed E-state index contributed by atoms with van der Waals surface area (Å²) in [5, 5.41) is 0.675. The van der Waals surface area contributed by atoms with Crippen LogP contribution in [-0.2, 0) is 32.5 Å². The maximum absolute atomic E-state index is 13.8. The number of carbonyl (C=O) groups is 2. The number of aryl methyl sites for hydroxylation is 1. The first kappa shape index (κ1) is 28.5. The molecule has 0 unspecified atom stereocenters. The second-order valence-corrected chi connectivity index (χ2v) is 12.5. The Morgan fingerprint density at radius 1 is 1.00 bits per heavy atom. The van der Waals surface area contributed by atoms with Gasteiger partial charge in [0.2, 0.25) is 15.9 Å². The first-order valence-corrected chi connectivity index (χ1v) is 15.4. The van der Waals surface area contributed by atoms with Gasteiger partial charge in [0.05, 0.1) is 44.6 Å². The average molecular weight is 602 g/mol. The van der Waals surface area contributed by atoms with Crippen LogP contribution in [0.4, 0.5) is 5.69 Å². The maximum Gasteiger partial charge on any atom is 0.262 e. The highest BCUT2D eigenvalue weighted by molar-refractivity contribution is 7.89. The van der Waals surface area contributed by atoms with Crippen molar-refractivity contribution in [3.63, 3.8) is 0 Å². The van der Waals surface area contributed by atoms with Crippen molar-refractivity contribution in [2.24, 2.45) is 0 Å². The molecule has 1 aliphatic carbocycles. The van der Waals surface area contributed by atoms with Crippen molar-refractivity contribution >= 4 is 38.4 Å². The number of ether oxygens (including phenoxy) is 3. The van der Waals surface area contributed by atoms with E-state index < -0.39 is 27.1 Å². The van der Waals surface area contributed by atoms with Gasteiger partial charge in [-0.1, -0.05) is 30.3 Å². The summed E-state index contributed by atoms with van der Waals surface area (Å²) in [5.41, 5.74) is 3.26. The number of benzene rings is 3. The van der Waals surface area contributed by atoms with Gasteiger partial charge in [0, 0.05) is 28.4 Å². The van der Waals surface area contributed by atoms with Crippen LogP contribution in [0.25, 0.3) is 10.9 Å². The summed E-state index contributed by atoms with van der Waals surface area (Å²) in [7, 11) is 0.580. The SMILES string of the molecule is COc1ccccc1C1(C(=O)NS(=O)(=O)Cc2ccc(N3Cc4c(c(OC)c5cccnc5c4OC)C3=O)c(C)c2)CC1. The Morgan fingerprint density at radius 3 is 2.42 bits per heavy atom. The Bertz CT molecular complexity index is 1900. The Balaban J connectivity index is 1.24. The number of nitrogens with one attached hydrogen (secondary N) is 1. The van der Waals surface area contributed by atoms with E-state index in [-0.39, 0.29) is 12.5 Å². The van der Waals surface area contributed by atoms with Crippen LogP contribution < -0.4 is 23.8 Å². The van der Waals surface area contributed by atoms with Crippen LogP contribution in [0.3, 0.4) is 0 Å². The second kappa shape index (κ2) is 10.6. The van der Waals surface area contributed by atoms with Gasteiger partial charge in [0.25, 0.3) is 5.91 Å². The molecule has 0 saturated heterocycles. The summed E-state index contributed by atoms with van der Waals surface area (Å²) in [5.74, 6) is 0.295. The Hall–Kier alpha value is -4.64. The van der Waals surface area contributed by atoms with Crippen LogP contribution in [0.2, 0.25) is 0 Å². The zero-order valence-corrected chi connectivity index (χ0v) is 25.1. The first-order chi connectivity index (χ1) is 20.6. The fourth-order valence-corrected chi connectivity index (χ4v) is 7.22. The second-order valence-electron chi connectivity index (χ2n) is 10.8. The minimum Gasteiger partial charge on any atom is -0.496 e. The van der Waals surface area contributed by atoms with Crippen LogP contribution in [0, 0.1) is 6.92 Å². The highest BCUT2D eigenvalue weighted by Gasteiger charge is 2.53. The maximum atomic E-state index is 13.8. The lowest BCUT2D eigenvalue weighted by Crippen LogP contribution is -2.39. The van der Waals surface area contributed by atoms with Gasteiger partial charge in [0.1, 0.15) is 17.0 Å². The molecule has 43 heavy (non-hydrogen) atoms. The standard InChI is InChI=1S/C32H31N3O7S/c1-19-16-20(18-43(38,39)34-31(37)32(13-14-32)23-9-5-6-10-25(23)40-2)11-12-24(19)35-17-22-26(30(35)36)28(41-3)21-8-7-15-33-27(21)29(22)42-4/h5-12,15-16H,13-14,17-18H2,1-4H3,(H,34,37). The number of sulfonamides is 1. The number of nitrogens with zero attached hydrogens (tertiary/aromatic N) is 2. The summed E-state index contributed by atoms with van der Waals surface area (Å²) < 4.78 is 45.3. The van der Waals surface area contributed by atoms with Gasteiger partial charge in [-0.3, -0.25) is 19.3 Å². The van der Waals surface area contributed by atoms with E-state index in [2.05, 4.69) is 9.71 Å². The molecule has 1 N–H and O–H groups in total. The lowest BCUT2D eigenvalue weighted by molar-refractivity contribution is -0.121. The number of rotatable bonds is 9. The minimum atomic E-state index is -4.01. The molecule has 222 valence electrons.